The highest BCUT2D eigenvalue weighted by molar-refractivity contribution is 5.92. The number of aliphatic carboxylic acids is 1. The molecular formula is C16H22N2O3. The van der Waals surface area contributed by atoms with Crippen LogP contribution < -0.4 is 11.1 Å². The van der Waals surface area contributed by atoms with Crippen LogP contribution in [0, 0.1) is 5.41 Å². The first-order chi connectivity index (χ1) is 9.93. The van der Waals surface area contributed by atoms with Gasteiger partial charge in [0.1, 0.15) is 0 Å². The van der Waals surface area contributed by atoms with Gasteiger partial charge in [-0.25, -0.2) is 0 Å². The van der Waals surface area contributed by atoms with Crippen molar-refractivity contribution >= 4 is 23.6 Å². The molecular weight excluding hydrogens is 268 g/mol. The van der Waals surface area contributed by atoms with Crippen LogP contribution in [-0.2, 0) is 9.59 Å². The number of carbonyl (C=O) groups excluding carboxylic acids is 1. The van der Waals surface area contributed by atoms with Crippen LogP contribution in [-0.4, -0.2) is 23.5 Å². The van der Waals surface area contributed by atoms with Gasteiger partial charge in [-0.1, -0.05) is 26.0 Å². The van der Waals surface area contributed by atoms with Gasteiger partial charge in [0.25, 0.3) is 0 Å². The topological polar surface area (TPSA) is 92.4 Å². The Hall–Kier alpha value is -2.30. The van der Waals surface area contributed by atoms with E-state index in [0.29, 0.717) is 18.5 Å². The molecule has 0 heterocycles. The zero-order valence-electron chi connectivity index (χ0n) is 12.4. The third-order valence-corrected chi connectivity index (χ3v) is 3.75. The summed E-state index contributed by atoms with van der Waals surface area (Å²) in [7, 11) is 0. The Bertz CT molecular complexity index is 534. The first-order valence-corrected chi connectivity index (χ1v) is 6.98. The Labute approximate surface area is 124 Å². The molecule has 114 valence electrons. The molecule has 0 saturated carbocycles. The average molecular weight is 290 g/mol. The number of amides is 1. The zero-order chi connectivity index (χ0) is 15.9. The van der Waals surface area contributed by atoms with Crippen LogP contribution in [0.4, 0.5) is 5.69 Å². The van der Waals surface area contributed by atoms with E-state index in [1.807, 2.05) is 19.9 Å². The highest BCUT2D eigenvalue weighted by Gasteiger charge is 2.34. The minimum Gasteiger partial charge on any atom is -0.481 e. The molecule has 5 nitrogen and oxygen atoms in total. The van der Waals surface area contributed by atoms with E-state index in [2.05, 4.69) is 5.32 Å². The number of carboxylic acids is 1. The standard InChI is InChI=1S/C16H22N2O3/c1-3-16(4-2,15(20)21)11-18-14(19)9-8-12-6-5-7-13(17)10-12/h5-10H,3-4,11,17H2,1-2H3,(H,18,19)(H,20,21)/b9-8+. The number of nitrogens with two attached hydrogens (primary N) is 1. The Morgan fingerprint density at radius 2 is 2.00 bits per heavy atom. The van der Waals surface area contributed by atoms with Gasteiger partial charge in [0, 0.05) is 18.3 Å². The van der Waals surface area contributed by atoms with Gasteiger partial charge >= 0.3 is 5.97 Å². The summed E-state index contributed by atoms with van der Waals surface area (Å²) in [6.07, 6.45) is 3.97. The normalized spacial score (nSPS) is 11.5. The van der Waals surface area contributed by atoms with Crippen molar-refractivity contribution in [3.63, 3.8) is 0 Å². The van der Waals surface area contributed by atoms with E-state index >= 15 is 0 Å². The van der Waals surface area contributed by atoms with E-state index in [9.17, 15) is 14.7 Å². The molecule has 1 aromatic rings. The lowest BCUT2D eigenvalue weighted by Crippen LogP contribution is -2.41. The maximum absolute atomic E-state index is 11.8. The molecule has 0 unspecified atom stereocenters. The van der Waals surface area contributed by atoms with Crippen molar-refractivity contribution in [2.75, 3.05) is 12.3 Å². The van der Waals surface area contributed by atoms with E-state index in [4.69, 9.17) is 5.73 Å². The summed E-state index contributed by atoms with van der Waals surface area (Å²) in [4.78, 5) is 23.1. The molecule has 0 atom stereocenters. The maximum atomic E-state index is 11.8. The second-order valence-electron chi connectivity index (χ2n) is 5.01. The fraction of sp³-hybridized carbons (Fsp3) is 0.375. The van der Waals surface area contributed by atoms with Crippen molar-refractivity contribution in [2.45, 2.75) is 26.7 Å². The van der Waals surface area contributed by atoms with E-state index < -0.39 is 11.4 Å². The molecule has 0 aromatic heterocycles. The molecule has 1 amide bonds. The van der Waals surface area contributed by atoms with Crippen molar-refractivity contribution in [3.8, 4) is 0 Å². The number of nitrogens with one attached hydrogen (secondary N) is 1. The number of hydrogen-bond acceptors (Lipinski definition) is 3. The number of anilines is 1. The van der Waals surface area contributed by atoms with Gasteiger partial charge in [-0.3, -0.25) is 9.59 Å². The van der Waals surface area contributed by atoms with Crippen LogP contribution in [0.5, 0.6) is 0 Å². The Balaban J connectivity index is 2.63. The molecule has 0 aliphatic heterocycles. The summed E-state index contributed by atoms with van der Waals surface area (Å²) in [5, 5.41) is 11.9. The summed E-state index contributed by atoms with van der Waals surface area (Å²) in [6, 6.07) is 7.15. The molecule has 0 spiro atoms. The number of carboxylic acid groups (broad SMARTS) is 1. The monoisotopic (exact) mass is 290 g/mol. The van der Waals surface area contributed by atoms with Gasteiger partial charge in [-0.15, -0.1) is 0 Å². The molecule has 5 heteroatoms. The van der Waals surface area contributed by atoms with Crippen molar-refractivity contribution in [1.82, 2.24) is 5.32 Å². The molecule has 0 saturated heterocycles. The number of carbonyl (C=O) groups is 2. The minimum atomic E-state index is -0.902. The summed E-state index contributed by atoms with van der Waals surface area (Å²) < 4.78 is 0. The van der Waals surface area contributed by atoms with Gasteiger partial charge in [0.2, 0.25) is 5.91 Å². The summed E-state index contributed by atoms with van der Waals surface area (Å²) in [5.74, 6) is -1.20. The van der Waals surface area contributed by atoms with Crippen LogP contribution >= 0.6 is 0 Å². The van der Waals surface area contributed by atoms with E-state index in [1.165, 1.54) is 6.08 Å². The highest BCUT2D eigenvalue weighted by Crippen LogP contribution is 2.25. The molecule has 0 bridgehead atoms. The van der Waals surface area contributed by atoms with Crippen LogP contribution in [0.15, 0.2) is 30.3 Å². The number of benzene rings is 1. The molecule has 0 aliphatic rings. The average Bonchev–Trinajstić information content (AvgIpc) is 2.46. The Morgan fingerprint density at radius 3 is 2.52 bits per heavy atom. The van der Waals surface area contributed by atoms with Crippen LogP contribution in [0.3, 0.4) is 0 Å². The van der Waals surface area contributed by atoms with E-state index in [1.54, 1.807) is 24.3 Å². The van der Waals surface area contributed by atoms with Gasteiger partial charge in [0.15, 0.2) is 0 Å². The van der Waals surface area contributed by atoms with E-state index in [0.717, 1.165) is 5.56 Å². The molecule has 0 fully saturated rings. The predicted molar refractivity (Wildman–Crippen MR) is 83.5 cm³/mol. The molecule has 1 rings (SSSR count). The van der Waals surface area contributed by atoms with E-state index in [-0.39, 0.29) is 12.5 Å². The number of rotatable bonds is 7. The molecule has 1 aromatic carbocycles. The molecule has 21 heavy (non-hydrogen) atoms. The highest BCUT2D eigenvalue weighted by atomic mass is 16.4. The van der Waals surface area contributed by atoms with Crippen molar-refractivity contribution in [3.05, 3.63) is 35.9 Å². The quantitative estimate of drug-likeness (QED) is 0.530. The number of hydrogen-bond donors (Lipinski definition) is 3. The lowest BCUT2D eigenvalue weighted by molar-refractivity contribution is -0.149. The van der Waals surface area contributed by atoms with Crippen LogP contribution in [0.2, 0.25) is 0 Å². The lowest BCUT2D eigenvalue weighted by atomic mass is 9.82. The first-order valence-electron chi connectivity index (χ1n) is 6.98. The summed E-state index contributed by atoms with van der Waals surface area (Å²) in [5.41, 5.74) is 6.19. The van der Waals surface area contributed by atoms with Crippen molar-refractivity contribution in [2.24, 2.45) is 5.41 Å². The van der Waals surface area contributed by atoms with Crippen LogP contribution in [0.25, 0.3) is 6.08 Å². The lowest BCUT2D eigenvalue weighted by Gasteiger charge is -2.26. The third-order valence-electron chi connectivity index (χ3n) is 3.75. The van der Waals surface area contributed by atoms with Gasteiger partial charge in [0.05, 0.1) is 5.41 Å². The Kier molecular flexibility index (Phi) is 5.96. The second kappa shape index (κ2) is 7.47. The first kappa shape index (κ1) is 16.8. The van der Waals surface area contributed by atoms with Gasteiger partial charge in [-0.2, -0.15) is 0 Å². The predicted octanol–water partition coefficient (Wildman–Crippen LogP) is 2.29. The fourth-order valence-electron chi connectivity index (χ4n) is 2.03. The molecule has 0 aliphatic carbocycles. The van der Waals surface area contributed by atoms with Gasteiger partial charge in [-0.05, 0) is 36.6 Å². The summed E-state index contributed by atoms with van der Waals surface area (Å²) >= 11 is 0. The van der Waals surface area contributed by atoms with Crippen molar-refractivity contribution < 1.29 is 14.7 Å². The van der Waals surface area contributed by atoms with Crippen molar-refractivity contribution in [1.29, 1.82) is 0 Å². The number of nitrogen functional groups attached to an aromatic ring is 1. The smallest absolute Gasteiger partial charge is 0.311 e. The van der Waals surface area contributed by atoms with Gasteiger partial charge < -0.3 is 16.2 Å². The zero-order valence-corrected chi connectivity index (χ0v) is 12.4. The SMILES string of the molecule is CCC(CC)(CNC(=O)/C=C/c1cccc(N)c1)C(=O)O. The fourth-order valence-corrected chi connectivity index (χ4v) is 2.03. The second-order valence-corrected chi connectivity index (χ2v) is 5.01. The van der Waals surface area contributed by atoms with Crippen LogP contribution in [0.1, 0.15) is 32.3 Å². The molecule has 0 radical (unpaired) electrons. The summed E-state index contributed by atoms with van der Waals surface area (Å²) in [6.45, 7) is 3.74. The largest absolute Gasteiger partial charge is 0.481 e. The molecule has 4 N–H and O–H groups in total. The Morgan fingerprint density at radius 1 is 1.33 bits per heavy atom. The third kappa shape index (κ3) is 4.63. The minimum absolute atomic E-state index is 0.120. The maximum Gasteiger partial charge on any atom is 0.311 e.